The van der Waals surface area contributed by atoms with Gasteiger partial charge >= 0.3 is 5.97 Å². The minimum atomic E-state index is -1.03. The summed E-state index contributed by atoms with van der Waals surface area (Å²) in [7, 11) is 0. The van der Waals surface area contributed by atoms with Crippen LogP contribution in [-0.4, -0.2) is 35.4 Å². The molecule has 144 valence electrons. The largest absolute Gasteiger partial charge is 0.492 e. The molecule has 1 heterocycles. The summed E-state index contributed by atoms with van der Waals surface area (Å²) >= 11 is 0. The maximum atomic E-state index is 12.4. The van der Waals surface area contributed by atoms with E-state index in [1.54, 1.807) is 38.1 Å². The molecule has 1 amide bonds. The number of nitrogens with one attached hydrogen (secondary N) is 2. The van der Waals surface area contributed by atoms with Crippen LogP contribution in [0.25, 0.3) is 0 Å². The van der Waals surface area contributed by atoms with Gasteiger partial charge in [-0.05, 0) is 52.3 Å². The van der Waals surface area contributed by atoms with E-state index >= 15 is 0 Å². The molecule has 0 spiro atoms. The molecule has 0 aliphatic carbocycles. The molecular formula is C20H24N2O5. The van der Waals surface area contributed by atoms with E-state index in [2.05, 4.69) is 10.3 Å². The average Bonchev–Trinajstić information content (AvgIpc) is 2.91. The SMILES string of the molecule is CCOc1ccccc1NC(=O)C(C)OC(=O)c1[nH]c(C)c(C(C)=O)c1C. The Morgan fingerprint density at radius 3 is 2.44 bits per heavy atom. The Morgan fingerprint density at radius 1 is 1.19 bits per heavy atom. The first-order chi connectivity index (χ1) is 12.8. The van der Waals surface area contributed by atoms with Gasteiger partial charge in [0.25, 0.3) is 5.91 Å². The molecule has 2 rings (SSSR count). The second-order valence-corrected chi connectivity index (χ2v) is 6.15. The van der Waals surface area contributed by atoms with Crippen molar-refractivity contribution in [1.82, 2.24) is 4.98 Å². The number of esters is 1. The quantitative estimate of drug-likeness (QED) is 0.573. The van der Waals surface area contributed by atoms with Crippen molar-refractivity contribution in [3.63, 3.8) is 0 Å². The molecule has 2 aromatic rings. The van der Waals surface area contributed by atoms with E-state index in [1.807, 2.05) is 6.92 Å². The molecule has 0 radical (unpaired) electrons. The molecule has 7 nitrogen and oxygen atoms in total. The Morgan fingerprint density at radius 2 is 1.85 bits per heavy atom. The number of para-hydroxylation sites is 2. The van der Waals surface area contributed by atoms with E-state index in [-0.39, 0.29) is 11.5 Å². The summed E-state index contributed by atoms with van der Waals surface area (Å²) in [6.45, 7) is 8.60. The lowest BCUT2D eigenvalue weighted by Gasteiger charge is -2.15. The number of anilines is 1. The molecule has 7 heteroatoms. The summed E-state index contributed by atoms with van der Waals surface area (Å²) in [4.78, 5) is 39.4. The zero-order valence-electron chi connectivity index (χ0n) is 16.1. The van der Waals surface area contributed by atoms with E-state index in [4.69, 9.17) is 9.47 Å². The normalized spacial score (nSPS) is 11.6. The molecule has 0 fully saturated rings. The molecule has 27 heavy (non-hydrogen) atoms. The summed E-state index contributed by atoms with van der Waals surface area (Å²) in [5.41, 5.74) is 2.24. The number of aromatic nitrogens is 1. The van der Waals surface area contributed by atoms with E-state index in [1.165, 1.54) is 13.8 Å². The predicted molar refractivity (Wildman–Crippen MR) is 101 cm³/mol. The van der Waals surface area contributed by atoms with Crippen LogP contribution in [0.5, 0.6) is 5.75 Å². The van der Waals surface area contributed by atoms with Crippen molar-refractivity contribution in [1.29, 1.82) is 0 Å². The number of ketones is 1. The Balaban J connectivity index is 2.10. The van der Waals surface area contributed by atoms with Gasteiger partial charge in [0.15, 0.2) is 11.9 Å². The van der Waals surface area contributed by atoms with Gasteiger partial charge in [0.2, 0.25) is 0 Å². The zero-order valence-corrected chi connectivity index (χ0v) is 16.1. The maximum Gasteiger partial charge on any atom is 0.355 e. The van der Waals surface area contributed by atoms with Crippen molar-refractivity contribution < 1.29 is 23.9 Å². The number of carbonyl (C=O) groups is 3. The second kappa shape index (κ2) is 8.53. The van der Waals surface area contributed by atoms with E-state index in [0.29, 0.717) is 34.9 Å². The van der Waals surface area contributed by atoms with Crippen LogP contribution in [0, 0.1) is 13.8 Å². The van der Waals surface area contributed by atoms with Crippen LogP contribution in [0.15, 0.2) is 24.3 Å². The highest BCUT2D eigenvalue weighted by atomic mass is 16.5. The van der Waals surface area contributed by atoms with Gasteiger partial charge in [-0.1, -0.05) is 12.1 Å². The standard InChI is InChI=1S/C20H24N2O5/c1-6-26-16-10-8-7-9-15(16)22-19(24)14(5)27-20(25)18-11(2)17(13(4)23)12(3)21-18/h7-10,14,21H,6H2,1-5H3,(H,22,24). The van der Waals surface area contributed by atoms with Gasteiger partial charge in [-0.2, -0.15) is 0 Å². The number of rotatable bonds is 7. The number of aromatic amines is 1. The number of ether oxygens (including phenoxy) is 2. The minimum absolute atomic E-state index is 0.140. The number of Topliss-reactive ketones (excluding diaryl/α,β-unsaturated/α-hetero) is 1. The first-order valence-electron chi connectivity index (χ1n) is 8.70. The van der Waals surface area contributed by atoms with Crippen LogP contribution in [-0.2, 0) is 9.53 Å². The third kappa shape index (κ3) is 4.55. The van der Waals surface area contributed by atoms with Crippen LogP contribution in [0.3, 0.4) is 0 Å². The third-order valence-corrected chi connectivity index (χ3v) is 4.09. The lowest BCUT2D eigenvalue weighted by Crippen LogP contribution is -2.30. The average molecular weight is 372 g/mol. The van der Waals surface area contributed by atoms with Gasteiger partial charge < -0.3 is 19.8 Å². The number of aryl methyl sites for hydroxylation is 1. The van der Waals surface area contributed by atoms with E-state index in [9.17, 15) is 14.4 Å². The molecule has 2 N–H and O–H groups in total. The van der Waals surface area contributed by atoms with Gasteiger partial charge in [0, 0.05) is 11.3 Å². The highest BCUT2D eigenvalue weighted by Crippen LogP contribution is 2.24. The summed E-state index contributed by atoms with van der Waals surface area (Å²) < 4.78 is 10.7. The Hall–Kier alpha value is -3.09. The van der Waals surface area contributed by atoms with E-state index in [0.717, 1.165) is 0 Å². The fourth-order valence-corrected chi connectivity index (χ4v) is 2.84. The second-order valence-electron chi connectivity index (χ2n) is 6.15. The fourth-order valence-electron chi connectivity index (χ4n) is 2.84. The van der Waals surface area contributed by atoms with Crippen molar-refractivity contribution in [2.24, 2.45) is 0 Å². The number of amides is 1. The van der Waals surface area contributed by atoms with Crippen LogP contribution in [0.2, 0.25) is 0 Å². The molecule has 0 aliphatic heterocycles. The number of hydrogen-bond acceptors (Lipinski definition) is 5. The smallest absolute Gasteiger partial charge is 0.355 e. The van der Waals surface area contributed by atoms with Gasteiger partial charge in [0.05, 0.1) is 12.3 Å². The Kier molecular flexibility index (Phi) is 6.39. The molecule has 0 aliphatic rings. The minimum Gasteiger partial charge on any atom is -0.492 e. The van der Waals surface area contributed by atoms with Crippen LogP contribution < -0.4 is 10.1 Å². The molecule has 1 aromatic heterocycles. The van der Waals surface area contributed by atoms with Crippen molar-refractivity contribution in [2.75, 3.05) is 11.9 Å². The van der Waals surface area contributed by atoms with Crippen molar-refractivity contribution in [3.8, 4) is 5.75 Å². The molecule has 1 unspecified atom stereocenters. The van der Waals surface area contributed by atoms with Crippen LogP contribution in [0.1, 0.15) is 52.9 Å². The number of benzene rings is 1. The third-order valence-electron chi connectivity index (χ3n) is 4.09. The number of carbonyl (C=O) groups excluding carboxylic acids is 3. The van der Waals surface area contributed by atoms with Gasteiger partial charge in [0.1, 0.15) is 11.4 Å². The Bertz CT molecular complexity index is 869. The van der Waals surface area contributed by atoms with Crippen LogP contribution >= 0.6 is 0 Å². The maximum absolute atomic E-state index is 12.4. The molecule has 0 bridgehead atoms. The van der Waals surface area contributed by atoms with Gasteiger partial charge in [-0.3, -0.25) is 9.59 Å². The van der Waals surface area contributed by atoms with E-state index < -0.39 is 18.0 Å². The summed E-state index contributed by atoms with van der Waals surface area (Å²) in [5, 5.41) is 2.70. The zero-order chi connectivity index (χ0) is 20.1. The van der Waals surface area contributed by atoms with Gasteiger partial charge in [-0.25, -0.2) is 4.79 Å². The van der Waals surface area contributed by atoms with Crippen molar-refractivity contribution in [3.05, 3.63) is 46.8 Å². The highest BCUT2D eigenvalue weighted by molar-refractivity contribution is 6.02. The number of hydrogen-bond donors (Lipinski definition) is 2. The fraction of sp³-hybridized carbons (Fsp3) is 0.350. The lowest BCUT2D eigenvalue weighted by molar-refractivity contribution is -0.123. The first kappa shape index (κ1) is 20.2. The van der Waals surface area contributed by atoms with Crippen LogP contribution in [0.4, 0.5) is 5.69 Å². The lowest BCUT2D eigenvalue weighted by atomic mass is 10.1. The number of H-pyrrole nitrogens is 1. The molecule has 1 aromatic carbocycles. The van der Waals surface area contributed by atoms with Gasteiger partial charge in [-0.15, -0.1) is 0 Å². The molecule has 1 atom stereocenters. The molecule has 0 saturated carbocycles. The summed E-state index contributed by atoms with van der Waals surface area (Å²) in [6, 6.07) is 7.01. The Labute approximate surface area is 158 Å². The van der Waals surface area contributed by atoms with Crippen molar-refractivity contribution in [2.45, 2.75) is 40.7 Å². The summed E-state index contributed by atoms with van der Waals surface area (Å²) in [6.07, 6.45) is -1.03. The predicted octanol–water partition coefficient (Wildman–Crippen LogP) is 3.42. The first-order valence-corrected chi connectivity index (χ1v) is 8.70. The summed E-state index contributed by atoms with van der Waals surface area (Å²) in [5.74, 6) is -0.778. The molecule has 0 saturated heterocycles. The topological polar surface area (TPSA) is 97.5 Å². The van der Waals surface area contributed by atoms with Crippen molar-refractivity contribution >= 4 is 23.3 Å². The monoisotopic (exact) mass is 372 g/mol. The molecular weight excluding hydrogens is 348 g/mol. The highest BCUT2D eigenvalue weighted by Gasteiger charge is 2.25.